The fourth-order valence-corrected chi connectivity index (χ4v) is 2.69. The molecule has 1 unspecified atom stereocenters. The second kappa shape index (κ2) is 5.34. The Balaban J connectivity index is 2.30. The maximum absolute atomic E-state index is 4.52. The molecule has 0 bridgehead atoms. The summed E-state index contributed by atoms with van der Waals surface area (Å²) in [6, 6.07) is 2.72. The molecule has 94 valence electrons. The normalized spacial score (nSPS) is 21.0. The minimum absolute atomic E-state index is 0.438. The number of piperidine rings is 1. The van der Waals surface area contributed by atoms with Crippen molar-refractivity contribution < 1.29 is 0 Å². The summed E-state index contributed by atoms with van der Waals surface area (Å²) in [5.41, 5.74) is 1.11. The number of nitrogens with zero attached hydrogens (tertiary/aromatic N) is 3. The van der Waals surface area contributed by atoms with Gasteiger partial charge in [-0.25, -0.2) is 9.97 Å². The minimum Gasteiger partial charge on any atom is -0.354 e. The zero-order valence-electron chi connectivity index (χ0n) is 10.8. The van der Waals surface area contributed by atoms with E-state index < -0.39 is 0 Å². The van der Waals surface area contributed by atoms with Crippen LogP contribution < -0.4 is 4.90 Å². The lowest BCUT2D eigenvalue weighted by atomic mass is 10.0. The second-order valence-corrected chi connectivity index (χ2v) is 5.82. The molecule has 1 saturated heterocycles. The van der Waals surface area contributed by atoms with Crippen LogP contribution in [0.4, 0.5) is 5.82 Å². The van der Waals surface area contributed by atoms with Crippen molar-refractivity contribution in [2.75, 3.05) is 11.4 Å². The molecule has 0 amide bonds. The molecular formula is C13H20BrN3. The third-order valence-corrected chi connectivity index (χ3v) is 3.75. The summed E-state index contributed by atoms with van der Waals surface area (Å²) in [6.07, 6.45) is 3.86. The van der Waals surface area contributed by atoms with Crippen molar-refractivity contribution in [1.29, 1.82) is 0 Å². The molecule has 0 radical (unpaired) electrons. The van der Waals surface area contributed by atoms with Crippen molar-refractivity contribution >= 4 is 21.7 Å². The molecule has 2 heterocycles. The molecule has 17 heavy (non-hydrogen) atoms. The third kappa shape index (κ3) is 2.97. The molecule has 3 nitrogen and oxygen atoms in total. The Bertz CT molecular complexity index is 392. The van der Waals surface area contributed by atoms with Crippen molar-refractivity contribution in [3.05, 3.63) is 16.5 Å². The largest absolute Gasteiger partial charge is 0.354 e. The molecule has 1 fully saturated rings. The van der Waals surface area contributed by atoms with Crippen LogP contribution in [0.15, 0.2) is 10.8 Å². The van der Waals surface area contributed by atoms with Crippen LogP contribution in [0.2, 0.25) is 0 Å². The maximum Gasteiger partial charge on any atom is 0.198 e. The van der Waals surface area contributed by atoms with E-state index in [9.17, 15) is 0 Å². The molecular weight excluding hydrogens is 278 g/mol. The van der Waals surface area contributed by atoms with E-state index in [0.29, 0.717) is 16.7 Å². The second-order valence-electron chi connectivity index (χ2n) is 5.11. The predicted octanol–water partition coefficient (Wildman–Crippen LogP) is 3.74. The number of halogens is 1. The third-order valence-electron chi connectivity index (χ3n) is 3.39. The van der Waals surface area contributed by atoms with Crippen molar-refractivity contribution in [3.8, 4) is 0 Å². The van der Waals surface area contributed by atoms with Gasteiger partial charge in [-0.1, -0.05) is 13.8 Å². The van der Waals surface area contributed by atoms with Crippen molar-refractivity contribution in [2.24, 2.45) is 0 Å². The van der Waals surface area contributed by atoms with Crippen LogP contribution in [0.3, 0.4) is 0 Å². The summed E-state index contributed by atoms with van der Waals surface area (Å²) in [6.45, 7) is 7.72. The van der Waals surface area contributed by atoms with Gasteiger partial charge in [0.2, 0.25) is 0 Å². The van der Waals surface area contributed by atoms with Gasteiger partial charge in [0.05, 0.1) is 0 Å². The first-order chi connectivity index (χ1) is 8.08. The van der Waals surface area contributed by atoms with Gasteiger partial charge >= 0.3 is 0 Å². The number of anilines is 1. The summed E-state index contributed by atoms with van der Waals surface area (Å²) in [4.78, 5) is 11.4. The average Bonchev–Trinajstić information content (AvgIpc) is 2.28. The smallest absolute Gasteiger partial charge is 0.198 e. The Labute approximate surface area is 112 Å². The highest BCUT2D eigenvalue weighted by Crippen LogP contribution is 2.26. The van der Waals surface area contributed by atoms with Gasteiger partial charge in [-0.3, -0.25) is 0 Å². The van der Waals surface area contributed by atoms with E-state index in [1.165, 1.54) is 19.3 Å². The van der Waals surface area contributed by atoms with Crippen LogP contribution in [0.25, 0.3) is 0 Å². The lowest BCUT2D eigenvalue weighted by molar-refractivity contribution is 0.480. The average molecular weight is 298 g/mol. The first kappa shape index (κ1) is 12.8. The van der Waals surface area contributed by atoms with E-state index in [4.69, 9.17) is 0 Å². The monoisotopic (exact) mass is 297 g/mol. The van der Waals surface area contributed by atoms with Crippen LogP contribution in [0.5, 0.6) is 0 Å². The van der Waals surface area contributed by atoms with Crippen molar-refractivity contribution in [2.45, 2.75) is 52.0 Å². The quantitative estimate of drug-likeness (QED) is 0.779. The molecule has 2 rings (SSSR count). The molecule has 0 aromatic carbocycles. The highest BCUT2D eigenvalue weighted by Gasteiger charge is 2.20. The lowest BCUT2D eigenvalue weighted by Crippen LogP contribution is -2.38. The zero-order chi connectivity index (χ0) is 12.4. The van der Waals surface area contributed by atoms with Gasteiger partial charge in [0.15, 0.2) is 4.73 Å². The zero-order valence-corrected chi connectivity index (χ0v) is 12.4. The van der Waals surface area contributed by atoms with Gasteiger partial charge in [-0.15, -0.1) is 0 Å². The molecule has 1 atom stereocenters. The molecule has 0 aliphatic carbocycles. The van der Waals surface area contributed by atoms with Crippen molar-refractivity contribution in [1.82, 2.24) is 9.97 Å². The van der Waals surface area contributed by atoms with Crippen LogP contribution >= 0.6 is 15.9 Å². The van der Waals surface area contributed by atoms with Gasteiger partial charge in [-0.2, -0.15) is 0 Å². The molecule has 1 aliphatic rings. The van der Waals surface area contributed by atoms with Gasteiger partial charge < -0.3 is 4.90 Å². The first-order valence-corrected chi connectivity index (χ1v) is 7.18. The van der Waals surface area contributed by atoms with Gasteiger partial charge in [0.25, 0.3) is 0 Å². The molecule has 1 aromatic rings. The Morgan fingerprint density at radius 2 is 2.12 bits per heavy atom. The Kier molecular flexibility index (Phi) is 4.02. The SMILES string of the molecule is CC(C)c1cc(N2CCCCC2C)nc(Br)n1. The summed E-state index contributed by atoms with van der Waals surface area (Å²) in [7, 11) is 0. The fraction of sp³-hybridized carbons (Fsp3) is 0.692. The van der Waals surface area contributed by atoms with E-state index in [0.717, 1.165) is 18.1 Å². The van der Waals surface area contributed by atoms with Crippen molar-refractivity contribution in [3.63, 3.8) is 0 Å². The number of aromatic nitrogens is 2. The number of hydrogen-bond acceptors (Lipinski definition) is 3. The van der Waals surface area contributed by atoms with Crippen LogP contribution in [0, 0.1) is 0 Å². The fourth-order valence-electron chi connectivity index (χ4n) is 2.30. The summed E-state index contributed by atoms with van der Waals surface area (Å²) in [5, 5.41) is 0. The van der Waals surface area contributed by atoms with Gasteiger partial charge in [0, 0.05) is 24.3 Å². The van der Waals surface area contributed by atoms with E-state index in [-0.39, 0.29) is 0 Å². The van der Waals surface area contributed by atoms with Crippen LogP contribution in [-0.4, -0.2) is 22.6 Å². The van der Waals surface area contributed by atoms with E-state index in [1.807, 2.05) is 0 Å². The predicted molar refractivity (Wildman–Crippen MR) is 74.5 cm³/mol. The van der Waals surface area contributed by atoms with E-state index in [1.54, 1.807) is 0 Å². The van der Waals surface area contributed by atoms with Gasteiger partial charge in [-0.05, 0) is 48.0 Å². The molecule has 0 N–H and O–H groups in total. The van der Waals surface area contributed by atoms with Crippen LogP contribution in [-0.2, 0) is 0 Å². The van der Waals surface area contributed by atoms with E-state index in [2.05, 4.69) is 57.6 Å². The highest BCUT2D eigenvalue weighted by molar-refractivity contribution is 9.10. The summed E-state index contributed by atoms with van der Waals surface area (Å²) in [5.74, 6) is 1.51. The number of hydrogen-bond donors (Lipinski definition) is 0. The molecule has 1 aromatic heterocycles. The highest BCUT2D eigenvalue weighted by atomic mass is 79.9. The molecule has 0 spiro atoms. The lowest BCUT2D eigenvalue weighted by Gasteiger charge is -2.34. The maximum atomic E-state index is 4.52. The molecule has 4 heteroatoms. The first-order valence-electron chi connectivity index (χ1n) is 6.39. The number of rotatable bonds is 2. The Morgan fingerprint density at radius 3 is 2.76 bits per heavy atom. The van der Waals surface area contributed by atoms with E-state index >= 15 is 0 Å². The van der Waals surface area contributed by atoms with Crippen LogP contribution in [0.1, 0.15) is 51.6 Å². The Hall–Kier alpha value is -0.640. The topological polar surface area (TPSA) is 29.0 Å². The molecule has 0 saturated carbocycles. The standard InChI is InChI=1S/C13H20BrN3/c1-9(2)11-8-12(16-13(14)15-11)17-7-5-4-6-10(17)3/h8-10H,4-7H2,1-3H3. The summed E-state index contributed by atoms with van der Waals surface area (Å²) >= 11 is 3.42. The van der Waals surface area contributed by atoms with Gasteiger partial charge in [0.1, 0.15) is 5.82 Å². The Morgan fingerprint density at radius 1 is 1.35 bits per heavy atom. The minimum atomic E-state index is 0.438. The summed E-state index contributed by atoms with van der Waals surface area (Å²) < 4.78 is 0.705. The molecule has 1 aliphatic heterocycles.